The van der Waals surface area contributed by atoms with Gasteiger partial charge in [-0.15, -0.1) is 10.2 Å². The highest BCUT2D eigenvalue weighted by molar-refractivity contribution is 7.99. The van der Waals surface area contributed by atoms with E-state index in [1.165, 1.54) is 11.8 Å². The molecule has 0 radical (unpaired) electrons. The van der Waals surface area contributed by atoms with E-state index in [2.05, 4.69) is 10.2 Å². The fourth-order valence-electron chi connectivity index (χ4n) is 2.54. The summed E-state index contributed by atoms with van der Waals surface area (Å²) in [4.78, 5) is 14.2. The van der Waals surface area contributed by atoms with Gasteiger partial charge in [0.2, 0.25) is 5.91 Å². The maximum absolute atomic E-state index is 12.3. The van der Waals surface area contributed by atoms with Crippen LogP contribution in [0.1, 0.15) is 27.7 Å². The van der Waals surface area contributed by atoms with Gasteiger partial charge in [-0.3, -0.25) is 4.79 Å². The highest BCUT2D eigenvalue weighted by Crippen LogP contribution is 2.20. The van der Waals surface area contributed by atoms with Crippen LogP contribution in [0.5, 0.6) is 0 Å². The Hall–Kier alpha value is -1.88. The van der Waals surface area contributed by atoms with E-state index in [4.69, 9.17) is 0 Å². The number of carbonyl (C=O) groups is 1. The van der Waals surface area contributed by atoms with Crippen LogP contribution in [-0.2, 0) is 4.79 Å². The zero-order chi connectivity index (χ0) is 16.8. The molecule has 0 bridgehead atoms. The van der Waals surface area contributed by atoms with Gasteiger partial charge in [0, 0.05) is 17.6 Å². The lowest BCUT2D eigenvalue weighted by Gasteiger charge is -2.30. The molecule has 0 aliphatic rings. The molecule has 0 aliphatic carbocycles. The monoisotopic (exact) mass is 329 g/mol. The Morgan fingerprint density at radius 1 is 1.00 bits per heavy atom. The highest BCUT2D eigenvalue weighted by atomic mass is 32.2. The first-order valence-corrected chi connectivity index (χ1v) is 8.80. The van der Waals surface area contributed by atoms with E-state index in [1.807, 2.05) is 75.1 Å². The molecule has 0 fully saturated rings. The summed E-state index contributed by atoms with van der Waals surface area (Å²) in [6.45, 7) is 8.15. The van der Waals surface area contributed by atoms with Crippen molar-refractivity contribution in [2.24, 2.45) is 0 Å². The number of carbonyl (C=O) groups excluding carboxylic acids is 1. The lowest BCUT2D eigenvalue weighted by Crippen LogP contribution is -2.43. The molecular formula is C18H23N3OS. The van der Waals surface area contributed by atoms with Gasteiger partial charge in [0.15, 0.2) is 0 Å². The fourth-order valence-corrected chi connectivity index (χ4v) is 3.23. The summed E-state index contributed by atoms with van der Waals surface area (Å²) >= 11 is 1.43. The van der Waals surface area contributed by atoms with Gasteiger partial charge in [-0.05, 0) is 39.8 Å². The van der Waals surface area contributed by atoms with Gasteiger partial charge in [0.1, 0.15) is 5.03 Å². The minimum absolute atomic E-state index is 0.133. The van der Waals surface area contributed by atoms with Crippen molar-refractivity contribution in [3.8, 4) is 11.3 Å². The van der Waals surface area contributed by atoms with Crippen LogP contribution in [-0.4, -0.2) is 38.8 Å². The largest absolute Gasteiger partial charge is 0.337 e. The van der Waals surface area contributed by atoms with E-state index in [0.29, 0.717) is 5.75 Å². The molecule has 1 amide bonds. The molecule has 0 unspecified atom stereocenters. The molecule has 122 valence electrons. The third-order valence-electron chi connectivity index (χ3n) is 3.45. The number of nitrogens with zero attached hydrogens (tertiary/aromatic N) is 3. The smallest absolute Gasteiger partial charge is 0.233 e. The van der Waals surface area contributed by atoms with Crippen molar-refractivity contribution in [3.05, 3.63) is 42.5 Å². The first kappa shape index (κ1) is 17.5. The van der Waals surface area contributed by atoms with Crippen molar-refractivity contribution < 1.29 is 4.79 Å². The molecule has 0 spiro atoms. The molecule has 5 heteroatoms. The van der Waals surface area contributed by atoms with Gasteiger partial charge in [-0.25, -0.2) is 0 Å². The fraction of sp³-hybridized carbons (Fsp3) is 0.389. The standard InChI is InChI=1S/C18H23N3OS/c1-13(2)21(14(3)4)18(22)12-23-17-11-10-16(19-20-17)15-8-6-5-7-9-15/h5-11,13-14H,12H2,1-4H3. The van der Waals surface area contributed by atoms with Gasteiger partial charge in [0.25, 0.3) is 0 Å². The minimum atomic E-state index is 0.133. The first-order chi connectivity index (χ1) is 11.0. The van der Waals surface area contributed by atoms with Crippen molar-refractivity contribution >= 4 is 17.7 Å². The molecule has 0 atom stereocenters. The third-order valence-corrected chi connectivity index (χ3v) is 4.36. The molecule has 0 N–H and O–H groups in total. The normalized spacial score (nSPS) is 11.0. The van der Waals surface area contributed by atoms with Crippen molar-refractivity contribution in [3.63, 3.8) is 0 Å². The molecule has 2 rings (SSSR count). The number of hydrogen-bond donors (Lipinski definition) is 0. The molecule has 23 heavy (non-hydrogen) atoms. The maximum atomic E-state index is 12.3. The minimum Gasteiger partial charge on any atom is -0.337 e. The van der Waals surface area contributed by atoms with Crippen LogP contribution in [0.25, 0.3) is 11.3 Å². The second-order valence-electron chi connectivity index (χ2n) is 5.90. The predicted octanol–water partition coefficient (Wildman–Crippen LogP) is 3.88. The van der Waals surface area contributed by atoms with E-state index in [1.54, 1.807) is 0 Å². The highest BCUT2D eigenvalue weighted by Gasteiger charge is 2.20. The van der Waals surface area contributed by atoms with Crippen LogP contribution in [0.2, 0.25) is 0 Å². The summed E-state index contributed by atoms with van der Waals surface area (Å²) in [5.74, 6) is 0.518. The number of amides is 1. The van der Waals surface area contributed by atoms with Crippen molar-refractivity contribution in [1.29, 1.82) is 0 Å². The summed E-state index contributed by atoms with van der Waals surface area (Å²) in [6, 6.07) is 14.2. The summed E-state index contributed by atoms with van der Waals surface area (Å²) in [5, 5.41) is 9.23. The van der Waals surface area contributed by atoms with Crippen molar-refractivity contribution in [1.82, 2.24) is 15.1 Å². The molecule has 2 aromatic rings. The SMILES string of the molecule is CC(C)N(C(=O)CSc1ccc(-c2ccccc2)nn1)C(C)C. The Balaban J connectivity index is 1.98. The Morgan fingerprint density at radius 2 is 1.65 bits per heavy atom. The van der Waals surface area contributed by atoms with E-state index in [9.17, 15) is 4.79 Å². The van der Waals surface area contributed by atoms with Gasteiger partial charge in [0.05, 0.1) is 11.4 Å². The topological polar surface area (TPSA) is 46.1 Å². The Labute approximate surface area is 142 Å². The average Bonchev–Trinajstić information content (AvgIpc) is 2.53. The maximum Gasteiger partial charge on any atom is 0.233 e. The quantitative estimate of drug-likeness (QED) is 0.755. The number of aromatic nitrogens is 2. The molecule has 4 nitrogen and oxygen atoms in total. The van der Waals surface area contributed by atoms with Crippen molar-refractivity contribution in [2.45, 2.75) is 44.8 Å². The molecule has 0 aliphatic heterocycles. The van der Waals surface area contributed by atoms with Gasteiger partial charge in [-0.2, -0.15) is 0 Å². The van der Waals surface area contributed by atoms with Crippen LogP contribution < -0.4 is 0 Å². The third kappa shape index (κ3) is 4.79. The molecule has 1 heterocycles. The van der Waals surface area contributed by atoms with Crippen LogP contribution in [0.4, 0.5) is 0 Å². The van der Waals surface area contributed by atoms with Gasteiger partial charge < -0.3 is 4.90 Å². The van der Waals surface area contributed by atoms with E-state index >= 15 is 0 Å². The molecule has 0 saturated heterocycles. The number of hydrogen-bond acceptors (Lipinski definition) is 4. The van der Waals surface area contributed by atoms with Crippen molar-refractivity contribution in [2.75, 3.05) is 5.75 Å². The summed E-state index contributed by atoms with van der Waals surface area (Å²) in [5.41, 5.74) is 1.88. The molecular weight excluding hydrogens is 306 g/mol. The van der Waals surface area contributed by atoms with Gasteiger partial charge in [-0.1, -0.05) is 42.1 Å². The molecule has 1 aromatic carbocycles. The van der Waals surface area contributed by atoms with Crippen LogP contribution in [0, 0.1) is 0 Å². The lowest BCUT2D eigenvalue weighted by molar-refractivity contribution is -0.131. The van der Waals surface area contributed by atoms with E-state index in [-0.39, 0.29) is 18.0 Å². The number of rotatable bonds is 6. The Kier molecular flexibility index (Phi) is 6.16. The first-order valence-electron chi connectivity index (χ1n) is 7.82. The van der Waals surface area contributed by atoms with E-state index in [0.717, 1.165) is 16.3 Å². The van der Waals surface area contributed by atoms with Crippen LogP contribution >= 0.6 is 11.8 Å². The van der Waals surface area contributed by atoms with Crippen LogP contribution in [0.3, 0.4) is 0 Å². The Morgan fingerprint density at radius 3 is 2.17 bits per heavy atom. The lowest BCUT2D eigenvalue weighted by atomic mass is 10.1. The average molecular weight is 329 g/mol. The van der Waals surface area contributed by atoms with E-state index < -0.39 is 0 Å². The summed E-state index contributed by atoms with van der Waals surface area (Å²) < 4.78 is 0. The predicted molar refractivity (Wildman–Crippen MR) is 95.3 cm³/mol. The second-order valence-corrected chi connectivity index (χ2v) is 6.90. The number of thioether (sulfide) groups is 1. The summed E-state index contributed by atoms with van der Waals surface area (Å²) in [6.07, 6.45) is 0. The van der Waals surface area contributed by atoms with Gasteiger partial charge >= 0.3 is 0 Å². The number of benzene rings is 1. The zero-order valence-electron chi connectivity index (χ0n) is 14.1. The summed E-state index contributed by atoms with van der Waals surface area (Å²) in [7, 11) is 0. The second kappa shape index (κ2) is 8.11. The van der Waals surface area contributed by atoms with Crippen LogP contribution in [0.15, 0.2) is 47.5 Å². The molecule has 1 aromatic heterocycles. The molecule has 0 saturated carbocycles. The Bertz CT molecular complexity index is 618. The zero-order valence-corrected chi connectivity index (χ0v) is 14.9.